The van der Waals surface area contributed by atoms with E-state index in [1.165, 1.54) is 0 Å². The predicted molar refractivity (Wildman–Crippen MR) is 101 cm³/mol. The van der Waals surface area contributed by atoms with Gasteiger partial charge >= 0.3 is 0 Å². The molecule has 1 aromatic heterocycles. The molecule has 0 radical (unpaired) electrons. The van der Waals surface area contributed by atoms with Crippen LogP contribution in [-0.4, -0.2) is 52.1 Å². The summed E-state index contributed by atoms with van der Waals surface area (Å²) >= 11 is 5.07. The lowest BCUT2D eigenvalue weighted by Gasteiger charge is -2.14. The summed E-state index contributed by atoms with van der Waals surface area (Å²) in [7, 11) is 3.37. The molecular weight excluding hydrogens is 424 g/mol. The summed E-state index contributed by atoms with van der Waals surface area (Å²) in [5.74, 6) is 1.39. The molecule has 9 nitrogen and oxygen atoms in total. The fraction of sp³-hybridized carbons (Fsp3) is 0.467. The van der Waals surface area contributed by atoms with Gasteiger partial charge in [0.1, 0.15) is 0 Å². The van der Waals surface area contributed by atoms with Crippen molar-refractivity contribution in [2.24, 2.45) is 12.8 Å². The number of carbonyl (C=O) groups is 1. The molecular formula is C15H21BrN6O3S. The number of nitrogens with one attached hydrogen (secondary N) is 1. The summed E-state index contributed by atoms with van der Waals surface area (Å²) < 4.78 is 13.1. The number of carbonyl (C=O) groups excluding carboxylic acids is 1. The number of ether oxygens (including phenoxy) is 2. The lowest BCUT2D eigenvalue weighted by molar-refractivity contribution is -0.119. The van der Waals surface area contributed by atoms with Gasteiger partial charge in [-0.2, -0.15) is 0 Å². The number of nitrogens with zero attached hydrogens (tertiary/aromatic N) is 4. The second-order valence-corrected chi connectivity index (χ2v) is 7.24. The SMILES string of the molecule is COc1cc(CNCCCSc2nnnn2C)cc(Br)c1OCC(N)=O. The van der Waals surface area contributed by atoms with E-state index in [0.717, 1.165) is 29.4 Å². The number of benzene rings is 1. The molecule has 1 aromatic carbocycles. The molecule has 0 aliphatic heterocycles. The number of methoxy groups -OCH3 is 1. The van der Waals surface area contributed by atoms with Crippen LogP contribution in [0, 0.1) is 0 Å². The van der Waals surface area contributed by atoms with Gasteiger partial charge in [0.25, 0.3) is 5.91 Å². The van der Waals surface area contributed by atoms with Gasteiger partial charge in [-0.05, 0) is 57.0 Å². The monoisotopic (exact) mass is 444 g/mol. The number of hydrogen-bond donors (Lipinski definition) is 2. The minimum absolute atomic E-state index is 0.203. The molecule has 0 bridgehead atoms. The zero-order chi connectivity index (χ0) is 18.9. The van der Waals surface area contributed by atoms with Crippen molar-refractivity contribution < 1.29 is 14.3 Å². The molecule has 1 amide bonds. The number of nitrogens with two attached hydrogens (primary N) is 1. The Labute approximate surface area is 164 Å². The van der Waals surface area contributed by atoms with E-state index in [1.54, 1.807) is 23.6 Å². The summed E-state index contributed by atoms with van der Waals surface area (Å²) in [5.41, 5.74) is 6.15. The van der Waals surface area contributed by atoms with Gasteiger partial charge in [-0.25, -0.2) is 4.68 Å². The molecule has 2 rings (SSSR count). The molecule has 0 saturated carbocycles. The second-order valence-electron chi connectivity index (χ2n) is 5.33. The number of aromatic nitrogens is 4. The van der Waals surface area contributed by atoms with Gasteiger partial charge < -0.3 is 20.5 Å². The molecule has 2 aromatic rings. The first-order valence-electron chi connectivity index (χ1n) is 7.84. The van der Waals surface area contributed by atoms with Crippen LogP contribution in [0.4, 0.5) is 0 Å². The summed E-state index contributed by atoms with van der Waals surface area (Å²) in [6.07, 6.45) is 0.982. The lowest BCUT2D eigenvalue weighted by Crippen LogP contribution is -2.20. The highest BCUT2D eigenvalue weighted by molar-refractivity contribution is 9.10. The third-order valence-electron chi connectivity index (χ3n) is 3.29. The van der Waals surface area contributed by atoms with Crippen molar-refractivity contribution in [1.29, 1.82) is 0 Å². The molecule has 3 N–H and O–H groups in total. The van der Waals surface area contributed by atoms with Crippen LogP contribution in [0.2, 0.25) is 0 Å². The van der Waals surface area contributed by atoms with Gasteiger partial charge in [-0.15, -0.1) is 5.10 Å². The quantitative estimate of drug-likeness (QED) is 0.390. The average molecular weight is 445 g/mol. The largest absolute Gasteiger partial charge is 0.493 e. The lowest BCUT2D eigenvalue weighted by atomic mass is 10.2. The van der Waals surface area contributed by atoms with E-state index in [4.69, 9.17) is 15.2 Å². The minimum atomic E-state index is -0.542. The van der Waals surface area contributed by atoms with Crippen LogP contribution in [0.1, 0.15) is 12.0 Å². The Bertz CT molecular complexity index is 742. The number of thioether (sulfide) groups is 1. The third kappa shape index (κ3) is 6.15. The first-order valence-corrected chi connectivity index (χ1v) is 9.62. The number of halogens is 1. The van der Waals surface area contributed by atoms with Crippen molar-refractivity contribution in [1.82, 2.24) is 25.5 Å². The minimum Gasteiger partial charge on any atom is -0.493 e. The summed E-state index contributed by atoms with van der Waals surface area (Å²) in [6.45, 7) is 1.34. The average Bonchev–Trinajstić information content (AvgIpc) is 3.01. The zero-order valence-corrected chi connectivity index (χ0v) is 17.0. The molecule has 0 spiro atoms. The third-order valence-corrected chi connectivity index (χ3v) is 4.97. The Morgan fingerprint density at radius 1 is 1.46 bits per heavy atom. The molecule has 1 heterocycles. The van der Waals surface area contributed by atoms with E-state index >= 15 is 0 Å². The Hall–Kier alpha value is -1.85. The second kappa shape index (κ2) is 10.3. The van der Waals surface area contributed by atoms with Gasteiger partial charge in [-0.3, -0.25) is 4.79 Å². The van der Waals surface area contributed by atoms with Crippen molar-refractivity contribution in [3.8, 4) is 11.5 Å². The Morgan fingerprint density at radius 2 is 2.27 bits per heavy atom. The molecule has 0 saturated heterocycles. The van der Waals surface area contributed by atoms with Crippen LogP contribution >= 0.6 is 27.7 Å². The fourth-order valence-corrected chi connectivity index (χ4v) is 3.49. The highest BCUT2D eigenvalue weighted by Crippen LogP contribution is 2.36. The predicted octanol–water partition coefficient (Wildman–Crippen LogP) is 1.12. The van der Waals surface area contributed by atoms with Gasteiger partial charge in [-0.1, -0.05) is 11.8 Å². The molecule has 11 heteroatoms. The van der Waals surface area contributed by atoms with Crippen molar-refractivity contribution >= 4 is 33.6 Å². The molecule has 0 fully saturated rings. The molecule has 0 unspecified atom stereocenters. The van der Waals surface area contributed by atoms with Gasteiger partial charge in [0.2, 0.25) is 5.16 Å². The van der Waals surface area contributed by atoms with Crippen LogP contribution in [-0.2, 0) is 18.4 Å². The van der Waals surface area contributed by atoms with Crippen LogP contribution in [0.15, 0.2) is 21.8 Å². The van der Waals surface area contributed by atoms with Gasteiger partial charge in [0.05, 0.1) is 11.6 Å². The maximum absolute atomic E-state index is 10.9. The highest BCUT2D eigenvalue weighted by Gasteiger charge is 2.12. The van der Waals surface area contributed by atoms with E-state index in [0.29, 0.717) is 22.5 Å². The maximum Gasteiger partial charge on any atom is 0.255 e. The van der Waals surface area contributed by atoms with E-state index < -0.39 is 5.91 Å². The Morgan fingerprint density at radius 3 is 2.92 bits per heavy atom. The van der Waals surface area contributed by atoms with Crippen LogP contribution in [0.25, 0.3) is 0 Å². The first-order chi connectivity index (χ1) is 12.5. The van der Waals surface area contributed by atoms with Gasteiger partial charge in [0, 0.05) is 19.3 Å². The van der Waals surface area contributed by atoms with E-state index in [1.807, 2.05) is 19.2 Å². The van der Waals surface area contributed by atoms with E-state index in [9.17, 15) is 4.79 Å². The number of primary amides is 1. The summed E-state index contributed by atoms with van der Waals surface area (Å²) in [4.78, 5) is 10.9. The van der Waals surface area contributed by atoms with E-state index in [2.05, 4.69) is 36.8 Å². The number of hydrogen-bond acceptors (Lipinski definition) is 8. The highest BCUT2D eigenvalue weighted by atomic mass is 79.9. The topological polar surface area (TPSA) is 117 Å². The fourth-order valence-electron chi connectivity index (χ4n) is 2.10. The summed E-state index contributed by atoms with van der Waals surface area (Å²) in [6, 6.07) is 3.79. The van der Waals surface area contributed by atoms with E-state index in [-0.39, 0.29) is 6.61 Å². The van der Waals surface area contributed by atoms with Crippen LogP contribution in [0.3, 0.4) is 0 Å². The van der Waals surface area contributed by atoms with Crippen molar-refractivity contribution in [3.63, 3.8) is 0 Å². The number of amides is 1. The van der Waals surface area contributed by atoms with Crippen molar-refractivity contribution in [2.45, 2.75) is 18.1 Å². The standard InChI is InChI=1S/C15H21BrN6O3S/c1-22-15(19-20-21-22)26-5-3-4-18-8-10-6-11(16)14(12(7-10)24-2)25-9-13(17)23/h6-7,18H,3-5,8-9H2,1-2H3,(H2,17,23). The molecule has 26 heavy (non-hydrogen) atoms. The zero-order valence-electron chi connectivity index (χ0n) is 14.6. The number of rotatable bonds is 11. The number of tetrazole rings is 1. The van der Waals surface area contributed by atoms with Crippen molar-refractivity contribution in [2.75, 3.05) is 26.0 Å². The first kappa shape index (κ1) is 20.5. The molecule has 0 aliphatic carbocycles. The maximum atomic E-state index is 10.9. The van der Waals surface area contributed by atoms with Crippen LogP contribution < -0.4 is 20.5 Å². The normalized spacial score (nSPS) is 10.7. The van der Waals surface area contributed by atoms with Crippen molar-refractivity contribution in [3.05, 3.63) is 22.2 Å². The number of aryl methyl sites for hydroxylation is 1. The smallest absolute Gasteiger partial charge is 0.255 e. The Kier molecular flexibility index (Phi) is 8.13. The summed E-state index contributed by atoms with van der Waals surface area (Å²) in [5, 5.41) is 15.5. The molecule has 142 valence electrons. The molecule has 0 atom stereocenters. The Balaban J connectivity index is 1.79. The van der Waals surface area contributed by atoms with Crippen LogP contribution in [0.5, 0.6) is 11.5 Å². The molecule has 0 aliphatic rings. The van der Waals surface area contributed by atoms with Gasteiger partial charge in [0.15, 0.2) is 18.1 Å².